The van der Waals surface area contributed by atoms with Gasteiger partial charge in [-0.15, -0.1) is 0 Å². The van der Waals surface area contributed by atoms with Crippen LogP contribution in [-0.2, 0) is 0 Å². The lowest BCUT2D eigenvalue weighted by Crippen LogP contribution is -2.42. The first kappa shape index (κ1) is 41.0. The Kier molecular flexibility index (Phi) is 35.3. The zero-order valence-corrected chi connectivity index (χ0v) is 29.3. The van der Waals surface area contributed by atoms with E-state index in [0.29, 0.717) is 6.04 Å². The first-order chi connectivity index (χ1) is 20.7. The highest BCUT2D eigenvalue weighted by molar-refractivity contribution is 5.74. The van der Waals surface area contributed by atoms with Crippen molar-refractivity contribution in [2.45, 2.75) is 226 Å². The molecule has 0 aromatic heterocycles. The second kappa shape index (κ2) is 36.2. The smallest absolute Gasteiger partial charge is 0.315 e. The van der Waals surface area contributed by atoms with Crippen LogP contribution in [0.25, 0.3) is 0 Å². The van der Waals surface area contributed by atoms with Gasteiger partial charge in [0.25, 0.3) is 0 Å². The summed E-state index contributed by atoms with van der Waals surface area (Å²) >= 11 is 0. The van der Waals surface area contributed by atoms with E-state index in [-0.39, 0.29) is 6.03 Å². The summed E-state index contributed by atoms with van der Waals surface area (Å²) in [5, 5.41) is 6.38. The van der Waals surface area contributed by atoms with Crippen LogP contribution in [0, 0.1) is 0 Å². The molecule has 2 N–H and O–H groups in total. The zero-order valence-electron chi connectivity index (χ0n) is 29.3. The van der Waals surface area contributed by atoms with Crippen LogP contribution in [0.2, 0.25) is 0 Å². The Balaban J connectivity index is 3.87. The van der Waals surface area contributed by atoms with E-state index in [1.54, 1.807) is 0 Å². The maximum Gasteiger partial charge on any atom is 0.315 e. The van der Waals surface area contributed by atoms with Gasteiger partial charge in [0.1, 0.15) is 0 Å². The summed E-state index contributed by atoms with van der Waals surface area (Å²) in [6.07, 6.45) is 46.3. The second-order valence-corrected chi connectivity index (χ2v) is 13.2. The summed E-state index contributed by atoms with van der Waals surface area (Å²) in [5.74, 6) is 0. The van der Waals surface area contributed by atoms with Crippen molar-refractivity contribution in [1.82, 2.24) is 10.6 Å². The first-order valence-corrected chi connectivity index (χ1v) is 19.4. The van der Waals surface area contributed by atoms with E-state index < -0.39 is 0 Å². The molecule has 0 saturated heterocycles. The van der Waals surface area contributed by atoms with Crippen molar-refractivity contribution in [3.05, 3.63) is 12.2 Å². The number of hydrogen-bond donors (Lipinski definition) is 2. The third-order valence-electron chi connectivity index (χ3n) is 8.87. The van der Waals surface area contributed by atoms with Crippen LogP contribution in [0.4, 0.5) is 4.79 Å². The highest BCUT2D eigenvalue weighted by Gasteiger charge is 2.11. The number of nitrogens with one attached hydrogen (secondary N) is 2. The van der Waals surface area contributed by atoms with Crippen molar-refractivity contribution < 1.29 is 4.79 Å². The van der Waals surface area contributed by atoms with Gasteiger partial charge in [0.2, 0.25) is 0 Å². The number of hydrogen-bond acceptors (Lipinski definition) is 1. The topological polar surface area (TPSA) is 41.1 Å². The predicted octanol–water partition coefficient (Wildman–Crippen LogP) is 13.4. The molecule has 3 nitrogen and oxygen atoms in total. The highest BCUT2D eigenvalue weighted by Crippen LogP contribution is 2.16. The first-order valence-electron chi connectivity index (χ1n) is 19.4. The highest BCUT2D eigenvalue weighted by atomic mass is 16.2. The largest absolute Gasteiger partial charge is 0.338 e. The second-order valence-electron chi connectivity index (χ2n) is 13.2. The van der Waals surface area contributed by atoms with Gasteiger partial charge in [-0.1, -0.05) is 187 Å². The summed E-state index contributed by atoms with van der Waals surface area (Å²) < 4.78 is 0. The number of rotatable bonds is 34. The van der Waals surface area contributed by atoms with Crippen molar-refractivity contribution >= 4 is 6.03 Å². The molecule has 0 aliphatic heterocycles. The molecule has 0 aromatic rings. The summed E-state index contributed by atoms with van der Waals surface area (Å²) in [6.45, 7) is 7.55. The molecule has 1 atom stereocenters. The maximum absolute atomic E-state index is 12.4. The van der Waals surface area contributed by atoms with Crippen LogP contribution in [0.1, 0.15) is 220 Å². The van der Waals surface area contributed by atoms with Crippen molar-refractivity contribution in [1.29, 1.82) is 0 Å². The van der Waals surface area contributed by atoms with Crippen molar-refractivity contribution in [3.63, 3.8) is 0 Å². The van der Waals surface area contributed by atoms with Gasteiger partial charge in [-0.05, 0) is 44.9 Å². The van der Waals surface area contributed by atoms with Gasteiger partial charge in [0.15, 0.2) is 0 Å². The Bertz CT molecular complexity index is 547. The molecule has 0 radical (unpaired) electrons. The quantitative estimate of drug-likeness (QED) is 0.0568. The molecule has 1 unspecified atom stereocenters. The fourth-order valence-electron chi connectivity index (χ4n) is 5.95. The fourth-order valence-corrected chi connectivity index (χ4v) is 5.95. The molecule has 0 spiro atoms. The molecule has 0 heterocycles. The number of carbonyl (C=O) groups is 1. The summed E-state index contributed by atoms with van der Waals surface area (Å²) in [6, 6.07) is 0.389. The third kappa shape index (κ3) is 33.5. The fraction of sp³-hybridized carbons (Fsp3) is 0.923. The van der Waals surface area contributed by atoms with Gasteiger partial charge < -0.3 is 10.6 Å². The van der Waals surface area contributed by atoms with E-state index in [9.17, 15) is 4.79 Å². The number of urea groups is 1. The number of carbonyl (C=O) groups excluding carboxylic acids is 1. The maximum atomic E-state index is 12.4. The molecule has 0 saturated carbocycles. The molecule has 0 aliphatic carbocycles. The summed E-state index contributed by atoms with van der Waals surface area (Å²) in [4.78, 5) is 12.4. The van der Waals surface area contributed by atoms with Crippen LogP contribution in [0.15, 0.2) is 12.2 Å². The third-order valence-corrected chi connectivity index (χ3v) is 8.87. The SMILES string of the molecule is CCCCCCCC/C=C\CCCCCCCC(CCCCCCCCCCCCCCCC)NC(=O)NCCCC. The van der Waals surface area contributed by atoms with Crippen molar-refractivity contribution in [2.24, 2.45) is 0 Å². The monoisotopic (exact) mass is 591 g/mol. The molecule has 0 bridgehead atoms. The van der Waals surface area contributed by atoms with E-state index >= 15 is 0 Å². The van der Waals surface area contributed by atoms with E-state index in [1.807, 2.05) is 0 Å². The molecule has 0 aliphatic rings. The van der Waals surface area contributed by atoms with E-state index in [1.165, 1.54) is 173 Å². The lowest BCUT2D eigenvalue weighted by molar-refractivity contribution is 0.234. The summed E-state index contributed by atoms with van der Waals surface area (Å²) in [5.41, 5.74) is 0. The Morgan fingerprint density at radius 3 is 1.17 bits per heavy atom. The molecular weight excluding hydrogens is 512 g/mol. The van der Waals surface area contributed by atoms with Gasteiger partial charge in [0, 0.05) is 12.6 Å². The Morgan fingerprint density at radius 2 is 0.786 bits per heavy atom. The van der Waals surface area contributed by atoms with Crippen LogP contribution >= 0.6 is 0 Å². The van der Waals surface area contributed by atoms with Gasteiger partial charge in [-0.2, -0.15) is 0 Å². The van der Waals surface area contributed by atoms with Gasteiger partial charge in [0.05, 0.1) is 0 Å². The minimum Gasteiger partial charge on any atom is -0.338 e. The number of amides is 2. The van der Waals surface area contributed by atoms with Gasteiger partial charge >= 0.3 is 6.03 Å². The normalized spacial score (nSPS) is 12.3. The van der Waals surface area contributed by atoms with E-state index in [0.717, 1.165) is 32.2 Å². The molecule has 250 valence electrons. The van der Waals surface area contributed by atoms with Crippen LogP contribution in [0.5, 0.6) is 0 Å². The Hall–Kier alpha value is -0.990. The summed E-state index contributed by atoms with van der Waals surface area (Å²) in [7, 11) is 0. The molecule has 0 rings (SSSR count). The van der Waals surface area contributed by atoms with Crippen molar-refractivity contribution in [3.8, 4) is 0 Å². The van der Waals surface area contributed by atoms with Crippen LogP contribution in [0.3, 0.4) is 0 Å². The standard InChI is InChI=1S/C39H78N2O/c1-4-7-10-12-14-16-18-20-22-24-26-28-30-32-34-36-38(41-39(42)40-37-9-6-3)35-33-31-29-27-25-23-21-19-17-15-13-11-8-5-2/h20,22,38H,4-19,21,23-37H2,1-3H3,(H2,40,41,42)/b22-20-. The number of unbranched alkanes of at least 4 members (excludes halogenated alkanes) is 25. The molecule has 2 amide bonds. The lowest BCUT2D eigenvalue weighted by atomic mass is 9.99. The Labute approximate surface area is 265 Å². The lowest BCUT2D eigenvalue weighted by Gasteiger charge is -2.19. The van der Waals surface area contributed by atoms with Crippen LogP contribution < -0.4 is 10.6 Å². The van der Waals surface area contributed by atoms with Crippen molar-refractivity contribution in [2.75, 3.05) is 6.54 Å². The average molecular weight is 591 g/mol. The van der Waals surface area contributed by atoms with Gasteiger partial charge in [-0.25, -0.2) is 4.79 Å². The molecular formula is C39H78N2O. The van der Waals surface area contributed by atoms with E-state index in [4.69, 9.17) is 0 Å². The molecule has 0 fully saturated rings. The molecule has 3 heteroatoms. The predicted molar refractivity (Wildman–Crippen MR) is 190 cm³/mol. The van der Waals surface area contributed by atoms with Crippen LogP contribution in [-0.4, -0.2) is 18.6 Å². The average Bonchev–Trinajstić information content (AvgIpc) is 2.99. The number of allylic oxidation sites excluding steroid dienone is 2. The minimum atomic E-state index is 0.0477. The zero-order chi connectivity index (χ0) is 30.6. The Morgan fingerprint density at radius 1 is 0.452 bits per heavy atom. The minimum absolute atomic E-state index is 0.0477. The van der Waals surface area contributed by atoms with E-state index in [2.05, 4.69) is 43.6 Å². The molecule has 0 aromatic carbocycles. The van der Waals surface area contributed by atoms with Gasteiger partial charge in [-0.3, -0.25) is 0 Å². The molecule has 42 heavy (non-hydrogen) atoms.